The molecule has 0 aliphatic heterocycles. The van der Waals surface area contributed by atoms with E-state index in [2.05, 4.69) is 82.3 Å². The molecule has 0 bridgehead atoms. The minimum absolute atomic E-state index is 0.103. The normalized spacial score (nSPS) is 14.2. The topological polar surface area (TPSA) is 26.0 Å². The maximum absolute atomic E-state index is 6.67. The molecule has 0 unspecified atom stereocenters. The van der Waals surface area contributed by atoms with Crippen molar-refractivity contribution in [3.63, 3.8) is 0 Å². The quantitative estimate of drug-likeness (QED) is 0.208. The molecule has 1 aliphatic carbocycles. The number of hydrogen-bond donors (Lipinski definition) is 1. The van der Waals surface area contributed by atoms with E-state index in [9.17, 15) is 0 Å². The molecule has 200 valence electrons. The Balaban J connectivity index is 1.76. The van der Waals surface area contributed by atoms with Gasteiger partial charge in [-0.3, -0.25) is 0 Å². The first-order valence-corrected chi connectivity index (χ1v) is 15.4. The molecule has 0 saturated carbocycles. The number of unbranched alkanes of at least 4 members (excludes halogenated alkanes) is 10. The van der Waals surface area contributed by atoms with Crippen molar-refractivity contribution >= 4 is 10.8 Å². The maximum Gasteiger partial charge on any atom is 0.0352 e. The van der Waals surface area contributed by atoms with Crippen LogP contribution in [0, 0.1) is 0 Å². The lowest BCUT2D eigenvalue weighted by molar-refractivity contribution is 0.397. The number of hydrogen-bond acceptors (Lipinski definition) is 1. The summed E-state index contributed by atoms with van der Waals surface area (Å²) in [5, 5.41) is 2.76. The van der Waals surface area contributed by atoms with Crippen LogP contribution < -0.4 is 5.73 Å². The van der Waals surface area contributed by atoms with Gasteiger partial charge in [0.2, 0.25) is 0 Å². The second-order valence-electron chi connectivity index (χ2n) is 12.3. The molecule has 1 aliphatic rings. The summed E-state index contributed by atoms with van der Waals surface area (Å²) in [4.78, 5) is 0. The lowest BCUT2D eigenvalue weighted by Gasteiger charge is -2.34. The molecular weight excluding hydrogens is 446 g/mol. The fourth-order valence-electron chi connectivity index (χ4n) is 6.74. The summed E-state index contributed by atoms with van der Waals surface area (Å²) in [7, 11) is 0. The third-order valence-corrected chi connectivity index (χ3v) is 8.91. The van der Waals surface area contributed by atoms with Gasteiger partial charge in [0, 0.05) is 11.0 Å². The molecule has 0 spiro atoms. The summed E-state index contributed by atoms with van der Waals surface area (Å²) in [6.07, 6.45) is 18.7. The minimum Gasteiger partial charge on any atom is -0.322 e. The van der Waals surface area contributed by atoms with E-state index < -0.39 is 0 Å². The van der Waals surface area contributed by atoms with Gasteiger partial charge >= 0.3 is 0 Å². The van der Waals surface area contributed by atoms with Crippen LogP contribution in [0.4, 0.5) is 0 Å². The molecule has 0 fully saturated rings. The van der Waals surface area contributed by atoms with E-state index >= 15 is 0 Å². The van der Waals surface area contributed by atoms with E-state index in [1.807, 2.05) is 0 Å². The van der Waals surface area contributed by atoms with Crippen LogP contribution in [0.25, 0.3) is 21.9 Å². The molecule has 3 aromatic rings. The SMILES string of the molecule is CCCCCCCCC1(CCCCCCCC)c2cc(C(C)(C)N)ccc2-c2c1ccc1ccccc21. The Hall–Kier alpha value is -2.12. The van der Waals surface area contributed by atoms with Crippen molar-refractivity contribution in [2.24, 2.45) is 5.73 Å². The van der Waals surface area contributed by atoms with Crippen LogP contribution in [0.5, 0.6) is 0 Å². The van der Waals surface area contributed by atoms with E-state index in [1.165, 1.54) is 117 Å². The van der Waals surface area contributed by atoms with E-state index in [0.717, 1.165) is 0 Å². The number of fused-ring (bicyclic) bond motifs is 5. The molecule has 4 rings (SSSR count). The maximum atomic E-state index is 6.67. The predicted octanol–water partition coefficient (Wildman–Crippen LogP) is 10.8. The summed E-state index contributed by atoms with van der Waals surface area (Å²) < 4.78 is 0. The van der Waals surface area contributed by atoms with Gasteiger partial charge in [0.25, 0.3) is 0 Å². The van der Waals surface area contributed by atoms with Gasteiger partial charge in [-0.15, -0.1) is 0 Å². The summed E-state index contributed by atoms with van der Waals surface area (Å²) in [5.74, 6) is 0. The molecule has 0 aromatic heterocycles. The van der Waals surface area contributed by atoms with E-state index in [4.69, 9.17) is 5.73 Å². The van der Waals surface area contributed by atoms with Gasteiger partial charge < -0.3 is 5.73 Å². The Bertz CT molecular complexity index is 1130. The van der Waals surface area contributed by atoms with Crippen LogP contribution in [-0.2, 0) is 11.0 Å². The zero-order chi connectivity index (χ0) is 26.3. The molecule has 0 saturated heterocycles. The zero-order valence-electron chi connectivity index (χ0n) is 24.2. The fraction of sp³-hybridized carbons (Fsp3) is 0.556. The smallest absolute Gasteiger partial charge is 0.0352 e. The van der Waals surface area contributed by atoms with Gasteiger partial charge in [-0.25, -0.2) is 0 Å². The largest absolute Gasteiger partial charge is 0.322 e. The monoisotopic (exact) mass is 497 g/mol. The molecule has 0 atom stereocenters. The highest BCUT2D eigenvalue weighted by Gasteiger charge is 2.43. The Morgan fingerprint density at radius 2 is 1.24 bits per heavy atom. The molecule has 0 heterocycles. The summed E-state index contributed by atoms with van der Waals surface area (Å²) in [6, 6.07) is 21.0. The fourth-order valence-corrected chi connectivity index (χ4v) is 6.74. The van der Waals surface area contributed by atoms with Gasteiger partial charge in [-0.05, 0) is 65.3 Å². The Morgan fingerprint density at radius 1 is 0.649 bits per heavy atom. The van der Waals surface area contributed by atoms with Gasteiger partial charge in [0.1, 0.15) is 0 Å². The zero-order valence-corrected chi connectivity index (χ0v) is 24.2. The van der Waals surface area contributed by atoms with Crippen molar-refractivity contribution in [2.45, 2.75) is 129 Å². The van der Waals surface area contributed by atoms with E-state index in [-0.39, 0.29) is 11.0 Å². The molecule has 0 radical (unpaired) electrons. The molecule has 2 N–H and O–H groups in total. The van der Waals surface area contributed by atoms with Crippen LogP contribution in [0.15, 0.2) is 54.6 Å². The van der Waals surface area contributed by atoms with Crippen LogP contribution in [0.2, 0.25) is 0 Å². The second kappa shape index (κ2) is 12.6. The third kappa shape index (κ3) is 6.14. The Kier molecular flexibility index (Phi) is 9.51. The van der Waals surface area contributed by atoms with E-state index in [0.29, 0.717) is 0 Å². The molecule has 37 heavy (non-hydrogen) atoms. The average Bonchev–Trinajstić information content (AvgIpc) is 3.17. The summed E-state index contributed by atoms with van der Waals surface area (Å²) in [6.45, 7) is 8.91. The van der Waals surface area contributed by atoms with Crippen molar-refractivity contribution in [1.29, 1.82) is 0 Å². The van der Waals surface area contributed by atoms with Crippen molar-refractivity contribution < 1.29 is 0 Å². The highest BCUT2D eigenvalue weighted by Crippen LogP contribution is 2.56. The van der Waals surface area contributed by atoms with Gasteiger partial charge in [0.15, 0.2) is 0 Å². The van der Waals surface area contributed by atoms with Crippen LogP contribution in [0.1, 0.15) is 134 Å². The van der Waals surface area contributed by atoms with Crippen LogP contribution in [-0.4, -0.2) is 0 Å². The van der Waals surface area contributed by atoms with Crippen LogP contribution in [0.3, 0.4) is 0 Å². The first-order chi connectivity index (χ1) is 17.9. The van der Waals surface area contributed by atoms with Crippen LogP contribution >= 0.6 is 0 Å². The Morgan fingerprint density at radius 3 is 1.86 bits per heavy atom. The standard InChI is InChI=1S/C36H51N/c1-5-7-9-11-13-17-25-36(26-18-14-12-10-8-6-2)32-24-21-28-19-15-16-20-30(28)34(32)31-23-22-29(27-33(31)36)35(3,4)37/h15-16,19-24,27H,5-14,17-18,25-26,37H2,1-4H3. The Labute approximate surface area is 227 Å². The first kappa shape index (κ1) is 27.9. The van der Waals surface area contributed by atoms with Crippen molar-refractivity contribution in [3.05, 3.63) is 71.3 Å². The molecule has 1 nitrogen and oxygen atoms in total. The first-order valence-electron chi connectivity index (χ1n) is 15.4. The number of rotatable bonds is 15. The molecule has 3 aromatic carbocycles. The second-order valence-corrected chi connectivity index (χ2v) is 12.3. The third-order valence-electron chi connectivity index (χ3n) is 8.91. The van der Waals surface area contributed by atoms with Crippen molar-refractivity contribution in [2.75, 3.05) is 0 Å². The average molecular weight is 498 g/mol. The predicted molar refractivity (Wildman–Crippen MR) is 163 cm³/mol. The molecule has 1 heteroatoms. The number of nitrogens with two attached hydrogens (primary N) is 1. The molecular formula is C36H51N. The lowest BCUT2D eigenvalue weighted by atomic mass is 9.70. The van der Waals surface area contributed by atoms with E-state index in [1.54, 1.807) is 11.1 Å². The number of benzene rings is 3. The van der Waals surface area contributed by atoms with Gasteiger partial charge in [-0.1, -0.05) is 145 Å². The van der Waals surface area contributed by atoms with Crippen molar-refractivity contribution in [3.8, 4) is 11.1 Å². The minimum atomic E-state index is -0.335. The van der Waals surface area contributed by atoms with Gasteiger partial charge in [0.05, 0.1) is 0 Å². The lowest BCUT2D eigenvalue weighted by Crippen LogP contribution is -2.30. The van der Waals surface area contributed by atoms with Crippen molar-refractivity contribution in [1.82, 2.24) is 0 Å². The molecule has 0 amide bonds. The highest BCUT2D eigenvalue weighted by molar-refractivity contribution is 6.02. The highest BCUT2D eigenvalue weighted by atomic mass is 14.7. The summed E-state index contributed by atoms with van der Waals surface area (Å²) in [5.41, 5.74) is 13.8. The summed E-state index contributed by atoms with van der Waals surface area (Å²) >= 11 is 0. The van der Waals surface area contributed by atoms with Gasteiger partial charge in [-0.2, -0.15) is 0 Å².